The molecule has 0 bridgehead atoms. The van der Waals surface area contributed by atoms with Crippen molar-refractivity contribution in [2.24, 2.45) is 0 Å². The molecule has 27 heavy (non-hydrogen) atoms. The summed E-state index contributed by atoms with van der Waals surface area (Å²) in [7, 11) is 0. The van der Waals surface area contributed by atoms with Crippen molar-refractivity contribution in [1.29, 1.82) is 0 Å². The zero-order valence-electron chi connectivity index (χ0n) is 15.3. The quantitative estimate of drug-likeness (QED) is 0.622. The number of carbonyl (C=O) groups excluding carboxylic acids is 1. The Morgan fingerprint density at radius 3 is 2.59 bits per heavy atom. The molecule has 1 heterocycles. The first-order valence-electron chi connectivity index (χ1n) is 8.86. The van der Waals surface area contributed by atoms with E-state index in [1.807, 2.05) is 37.3 Å². The summed E-state index contributed by atoms with van der Waals surface area (Å²) < 4.78 is 10.6. The summed E-state index contributed by atoms with van der Waals surface area (Å²) >= 11 is 0. The van der Waals surface area contributed by atoms with E-state index in [0.717, 1.165) is 18.4 Å². The van der Waals surface area contributed by atoms with Crippen LogP contribution in [-0.2, 0) is 22.6 Å². The predicted octanol–water partition coefficient (Wildman–Crippen LogP) is 3.18. The van der Waals surface area contributed by atoms with E-state index in [1.54, 1.807) is 12.1 Å². The fourth-order valence-corrected chi connectivity index (χ4v) is 2.26. The summed E-state index contributed by atoms with van der Waals surface area (Å²) in [6.45, 7) is 2.66. The number of carbonyl (C=O) groups is 2. The third kappa shape index (κ3) is 7.35. The lowest BCUT2D eigenvalue weighted by atomic mass is 10.1. The number of pyridine rings is 1. The Bertz CT molecular complexity index is 719. The van der Waals surface area contributed by atoms with Crippen molar-refractivity contribution in [1.82, 2.24) is 10.3 Å². The van der Waals surface area contributed by atoms with E-state index in [9.17, 15) is 14.7 Å². The molecule has 0 aliphatic carbocycles. The van der Waals surface area contributed by atoms with Crippen LogP contribution < -0.4 is 10.1 Å². The minimum Gasteiger partial charge on any atom is -0.487 e. The minimum absolute atomic E-state index is 0.0528. The van der Waals surface area contributed by atoms with Gasteiger partial charge in [0.15, 0.2) is 0 Å². The van der Waals surface area contributed by atoms with E-state index in [4.69, 9.17) is 9.47 Å². The van der Waals surface area contributed by atoms with E-state index in [0.29, 0.717) is 18.1 Å². The fraction of sp³-hybridized carbons (Fsp3) is 0.350. The van der Waals surface area contributed by atoms with Crippen LogP contribution in [0.25, 0.3) is 0 Å². The molecule has 0 saturated carbocycles. The average Bonchev–Trinajstić information content (AvgIpc) is 2.68. The molecule has 2 aromatic rings. The molecule has 0 aliphatic rings. The lowest BCUT2D eigenvalue weighted by Gasteiger charge is -2.14. The largest absolute Gasteiger partial charge is 0.487 e. The third-order valence-corrected chi connectivity index (χ3v) is 3.78. The number of nitrogens with zero attached hydrogens (tertiary/aromatic N) is 1. The van der Waals surface area contributed by atoms with Crippen molar-refractivity contribution in [2.75, 3.05) is 6.61 Å². The highest BCUT2D eigenvalue weighted by Crippen LogP contribution is 2.13. The number of aromatic nitrogens is 1. The highest BCUT2D eigenvalue weighted by molar-refractivity contribution is 5.80. The van der Waals surface area contributed by atoms with Crippen LogP contribution in [-0.4, -0.2) is 34.8 Å². The second-order valence-electron chi connectivity index (χ2n) is 5.99. The normalized spacial score (nSPS) is 11.4. The second-order valence-corrected chi connectivity index (χ2v) is 5.99. The van der Waals surface area contributed by atoms with Gasteiger partial charge in [0, 0.05) is 12.1 Å². The molecule has 0 fully saturated rings. The van der Waals surface area contributed by atoms with Crippen LogP contribution in [0.5, 0.6) is 5.75 Å². The fourth-order valence-electron chi connectivity index (χ4n) is 2.26. The Hall–Kier alpha value is -3.09. The van der Waals surface area contributed by atoms with E-state index in [2.05, 4.69) is 10.3 Å². The molecule has 1 aromatic heterocycles. The van der Waals surface area contributed by atoms with Crippen molar-refractivity contribution in [3.8, 4) is 5.75 Å². The van der Waals surface area contributed by atoms with Crippen LogP contribution in [0.15, 0.2) is 48.7 Å². The van der Waals surface area contributed by atoms with Gasteiger partial charge in [-0.25, -0.2) is 9.59 Å². The van der Waals surface area contributed by atoms with Crippen LogP contribution in [0.3, 0.4) is 0 Å². The van der Waals surface area contributed by atoms with Crippen molar-refractivity contribution < 1.29 is 24.2 Å². The molecule has 7 heteroatoms. The van der Waals surface area contributed by atoms with E-state index in [-0.39, 0.29) is 13.0 Å². The maximum atomic E-state index is 11.7. The smallest absolute Gasteiger partial charge is 0.407 e. The zero-order chi connectivity index (χ0) is 19.5. The number of amides is 1. The molecule has 1 atom stereocenters. The number of benzene rings is 1. The van der Waals surface area contributed by atoms with Crippen LogP contribution in [0, 0.1) is 0 Å². The summed E-state index contributed by atoms with van der Waals surface area (Å²) in [5.41, 5.74) is 1.57. The van der Waals surface area contributed by atoms with Gasteiger partial charge in [0.2, 0.25) is 0 Å². The number of carboxylic acids is 1. The lowest BCUT2D eigenvalue weighted by molar-refractivity contribution is -0.139. The van der Waals surface area contributed by atoms with Gasteiger partial charge in [-0.1, -0.05) is 43.7 Å². The van der Waals surface area contributed by atoms with Gasteiger partial charge in [-0.05, 0) is 24.1 Å². The Balaban J connectivity index is 1.86. The van der Waals surface area contributed by atoms with Crippen molar-refractivity contribution in [3.05, 3.63) is 59.9 Å². The van der Waals surface area contributed by atoms with Gasteiger partial charge in [-0.2, -0.15) is 0 Å². The molecule has 0 aliphatic heterocycles. The van der Waals surface area contributed by atoms with E-state index < -0.39 is 18.1 Å². The maximum Gasteiger partial charge on any atom is 0.407 e. The van der Waals surface area contributed by atoms with Crippen molar-refractivity contribution in [3.63, 3.8) is 0 Å². The molecule has 144 valence electrons. The van der Waals surface area contributed by atoms with Crippen molar-refractivity contribution >= 4 is 12.1 Å². The number of unbranched alkanes of at least 4 members (excludes halogenated alkanes) is 1. The highest BCUT2D eigenvalue weighted by Gasteiger charge is 2.21. The van der Waals surface area contributed by atoms with Gasteiger partial charge in [0.1, 0.15) is 18.4 Å². The number of rotatable bonds is 10. The number of aliphatic carboxylic acids is 1. The first-order valence-corrected chi connectivity index (χ1v) is 8.86. The molecule has 0 spiro atoms. The molecule has 7 nitrogen and oxygen atoms in total. The number of hydrogen-bond donors (Lipinski definition) is 2. The number of alkyl carbamates (subject to hydrolysis) is 1. The molecular weight excluding hydrogens is 348 g/mol. The van der Waals surface area contributed by atoms with Crippen LogP contribution in [0.1, 0.15) is 31.0 Å². The van der Waals surface area contributed by atoms with Crippen LogP contribution >= 0.6 is 0 Å². The predicted molar refractivity (Wildman–Crippen MR) is 99.5 cm³/mol. The standard InChI is InChI=1S/C20H24N2O5/c1-2-3-11-26-20(25)22-18(19(23)24)12-16-9-10-17(13-21-16)27-14-15-7-5-4-6-8-15/h4-10,13,18H,2-3,11-12,14H2,1H3,(H,22,25)(H,23,24). The van der Waals surface area contributed by atoms with Gasteiger partial charge in [0.25, 0.3) is 0 Å². The van der Waals surface area contributed by atoms with Gasteiger partial charge in [0.05, 0.1) is 12.8 Å². The average molecular weight is 372 g/mol. The van der Waals surface area contributed by atoms with Crippen LogP contribution in [0.4, 0.5) is 4.79 Å². The first kappa shape index (κ1) is 20.2. The SMILES string of the molecule is CCCCOC(=O)NC(Cc1ccc(OCc2ccccc2)cn1)C(=O)O. The van der Waals surface area contributed by atoms with Crippen molar-refractivity contribution in [2.45, 2.75) is 38.8 Å². The maximum absolute atomic E-state index is 11.7. The Kier molecular flexibility index (Phi) is 8.09. The minimum atomic E-state index is -1.14. The highest BCUT2D eigenvalue weighted by atomic mass is 16.5. The summed E-state index contributed by atoms with van der Waals surface area (Å²) in [5.74, 6) is -0.560. The summed E-state index contributed by atoms with van der Waals surface area (Å²) in [6.07, 6.45) is 2.47. The second kappa shape index (κ2) is 10.8. The van der Waals surface area contributed by atoms with E-state index in [1.165, 1.54) is 6.20 Å². The molecule has 1 aromatic carbocycles. The van der Waals surface area contributed by atoms with Gasteiger partial charge in [-0.15, -0.1) is 0 Å². The number of nitrogens with one attached hydrogen (secondary N) is 1. The summed E-state index contributed by atoms with van der Waals surface area (Å²) in [6, 6.07) is 12.0. The van der Waals surface area contributed by atoms with Crippen LogP contribution in [0.2, 0.25) is 0 Å². The molecule has 0 radical (unpaired) electrons. The Morgan fingerprint density at radius 2 is 1.96 bits per heavy atom. The van der Waals surface area contributed by atoms with Gasteiger partial charge < -0.3 is 19.9 Å². The van der Waals surface area contributed by atoms with Gasteiger partial charge in [-0.3, -0.25) is 4.98 Å². The topological polar surface area (TPSA) is 97.8 Å². The number of ether oxygens (including phenoxy) is 2. The summed E-state index contributed by atoms with van der Waals surface area (Å²) in [5, 5.41) is 11.7. The summed E-state index contributed by atoms with van der Waals surface area (Å²) in [4.78, 5) is 27.2. The van der Waals surface area contributed by atoms with E-state index >= 15 is 0 Å². The first-order chi connectivity index (χ1) is 13.1. The molecule has 2 rings (SSSR count). The Morgan fingerprint density at radius 1 is 1.19 bits per heavy atom. The number of hydrogen-bond acceptors (Lipinski definition) is 5. The molecule has 2 N–H and O–H groups in total. The molecule has 0 saturated heterocycles. The number of carboxylic acid groups (broad SMARTS) is 1. The Labute approximate surface area is 158 Å². The lowest BCUT2D eigenvalue weighted by Crippen LogP contribution is -2.42. The monoisotopic (exact) mass is 372 g/mol. The molecule has 1 amide bonds. The zero-order valence-corrected chi connectivity index (χ0v) is 15.3. The molecule has 1 unspecified atom stereocenters. The van der Waals surface area contributed by atoms with Gasteiger partial charge >= 0.3 is 12.1 Å². The third-order valence-electron chi connectivity index (χ3n) is 3.78. The molecular formula is C20H24N2O5.